The molecule has 0 aromatic heterocycles. The number of benzene rings is 3. The molecule has 0 heterocycles. The first-order chi connectivity index (χ1) is 12.6. The predicted octanol–water partition coefficient (Wildman–Crippen LogP) is 3.71. The zero-order chi connectivity index (χ0) is 18.6. The molecule has 0 fully saturated rings. The fraction of sp³-hybridized carbons (Fsp3) is 0.143. The molecule has 0 saturated carbocycles. The van der Waals surface area contributed by atoms with Gasteiger partial charge in [0.1, 0.15) is 5.85 Å². The molecule has 0 saturated heterocycles. The normalized spacial score (nSPS) is 12.4. The van der Waals surface area contributed by atoms with E-state index in [0.29, 0.717) is 27.7 Å². The summed E-state index contributed by atoms with van der Waals surface area (Å²) in [6, 6.07) is 23.3. The van der Waals surface area contributed by atoms with Crippen LogP contribution in [-0.4, -0.2) is 19.3 Å². The Bertz CT molecular complexity index is 866. The largest absolute Gasteiger partial charge is 0.493 e. The zero-order valence-electron chi connectivity index (χ0n) is 14.7. The minimum atomic E-state index is -3.33. The topological polar surface area (TPSA) is 55.8 Å². The number of hydrogen-bond donors (Lipinski definition) is 1. The Morgan fingerprint density at radius 3 is 1.73 bits per heavy atom. The van der Waals surface area contributed by atoms with E-state index in [4.69, 9.17) is 9.47 Å². The number of rotatable bonds is 6. The van der Waals surface area contributed by atoms with Crippen LogP contribution in [0.4, 0.5) is 0 Å². The first-order valence-corrected chi connectivity index (χ1v) is 9.99. The van der Waals surface area contributed by atoms with Crippen LogP contribution in [0.3, 0.4) is 0 Å². The smallest absolute Gasteiger partial charge is 0.174 e. The fourth-order valence-electron chi connectivity index (χ4n) is 2.95. The molecule has 3 aromatic carbocycles. The second-order valence-corrected chi connectivity index (χ2v) is 8.66. The van der Waals surface area contributed by atoms with Gasteiger partial charge in [-0.15, -0.1) is 0 Å². The van der Waals surface area contributed by atoms with Gasteiger partial charge < -0.3 is 19.1 Å². The summed E-state index contributed by atoms with van der Waals surface area (Å²) >= 11 is 0. The van der Waals surface area contributed by atoms with Crippen LogP contribution in [0.15, 0.2) is 78.9 Å². The van der Waals surface area contributed by atoms with Gasteiger partial charge in [-0.3, -0.25) is 0 Å². The molecule has 0 spiro atoms. The predicted molar refractivity (Wildman–Crippen MR) is 104 cm³/mol. The molecule has 5 heteroatoms. The molecule has 1 atom stereocenters. The van der Waals surface area contributed by atoms with Crippen molar-refractivity contribution in [3.63, 3.8) is 0 Å². The van der Waals surface area contributed by atoms with Crippen LogP contribution in [0.25, 0.3) is 0 Å². The van der Waals surface area contributed by atoms with Gasteiger partial charge in [0.25, 0.3) is 0 Å². The minimum Gasteiger partial charge on any atom is -0.493 e. The van der Waals surface area contributed by atoms with Gasteiger partial charge in [-0.25, -0.2) is 0 Å². The van der Waals surface area contributed by atoms with Crippen molar-refractivity contribution in [2.24, 2.45) is 0 Å². The van der Waals surface area contributed by atoms with Crippen LogP contribution < -0.4 is 20.1 Å². The second kappa shape index (κ2) is 7.77. The van der Waals surface area contributed by atoms with E-state index in [9.17, 15) is 9.67 Å². The number of hydrogen-bond acceptors (Lipinski definition) is 4. The maximum Gasteiger partial charge on any atom is 0.174 e. The summed E-state index contributed by atoms with van der Waals surface area (Å²) in [5.41, 5.74) is 0.513. The lowest BCUT2D eigenvalue weighted by atomic mass is 10.2. The van der Waals surface area contributed by atoms with E-state index in [2.05, 4.69) is 0 Å². The van der Waals surface area contributed by atoms with Gasteiger partial charge in [0, 0.05) is 10.6 Å². The Labute approximate surface area is 153 Å². The molecule has 0 bridgehead atoms. The number of methoxy groups -OCH3 is 2. The van der Waals surface area contributed by atoms with E-state index >= 15 is 0 Å². The third-order valence-electron chi connectivity index (χ3n) is 4.33. The highest BCUT2D eigenvalue weighted by Crippen LogP contribution is 2.56. The monoisotopic (exact) mass is 368 g/mol. The van der Waals surface area contributed by atoms with E-state index in [1.165, 1.54) is 7.11 Å². The summed E-state index contributed by atoms with van der Waals surface area (Å²) in [6.07, 6.45) is 0. The standard InChI is InChI=1S/C21H21O4P/c1-24-19-14-13-16(15-20(19)25-2)21(22)26(23,17-9-5-3-6-10-17)18-11-7-4-8-12-18/h3-15,21-22H,1-2H3/t21-/m0/s1. The highest BCUT2D eigenvalue weighted by molar-refractivity contribution is 7.78. The summed E-state index contributed by atoms with van der Waals surface area (Å²) in [7, 11) is -0.254. The van der Waals surface area contributed by atoms with Crippen LogP contribution in [0.1, 0.15) is 11.4 Å². The van der Waals surface area contributed by atoms with Crippen LogP contribution in [0.2, 0.25) is 0 Å². The molecule has 1 N–H and O–H groups in total. The van der Waals surface area contributed by atoms with Gasteiger partial charge in [0.2, 0.25) is 0 Å². The summed E-state index contributed by atoms with van der Waals surface area (Å²) in [6.45, 7) is 0. The van der Waals surface area contributed by atoms with E-state index in [1.807, 2.05) is 36.4 Å². The third-order valence-corrected chi connectivity index (χ3v) is 7.45. The molecule has 26 heavy (non-hydrogen) atoms. The Hall–Kier alpha value is -2.55. The molecular weight excluding hydrogens is 347 g/mol. The third kappa shape index (κ3) is 3.26. The van der Waals surface area contributed by atoms with Crippen molar-refractivity contribution in [3.05, 3.63) is 84.4 Å². The first-order valence-electron chi connectivity index (χ1n) is 8.22. The van der Waals surface area contributed by atoms with Crippen LogP contribution in [0.5, 0.6) is 11.5 Å². The highest BCUT2D eigenvalue weighted by Gasteiger charge is 2.36. The molecule has 3 rings (SSSR count). The highest BCUT2D eigenvalue weighted by atomic mass is 31.2. The van der Waals surface area contributed by atoms with Crippen LogP contribution in [-0.2, 0) is 4.57 Å². The average molecular weight is 368 g/mol. The van der Waals surface area contributed by atoms with Gasteiger partial charge >= 0.3 is 0 Å². The molecule has 0 unspecified atom stereocenters. The molecule has 0 radical (unpaired) electrons. The van der Waals surface area contributed by atoms with Gasteiger partial charge in [0.05, 0.1) is 14.2 Å². The van der Waals surface area contributed by atoms with E-state index in [0.717, 1.165) is 0 Å². The summed E-state index contributed by atoms with van der Waals surface area (Å²) < 4.78 is 24.7. The molecule has 0 aliphatic carbocycles. The van der Waals surface area contributed by atoms with Crippen molar-refractivity contribution in [1.82, 2.24) is 0 Å². The number of ether oxygens (including phenoxy) is 2. The van der Waals surface area contributed by atoms with Crippen LogP contribution >= 0.6 is 7.14 Å². The average Bonchev–Trinajstić information content (AvgIpc) is 2.73. The van der Waals surface area contributed by atoms with Crippen molar-refractivity contribution in [3.8, 4) is 11.5 Å². The molecule has 0 aliphatic rings. The number of aliphatic hydroxyl groups is 1. The molecule has 134 valence electrons. The maximum atomic E-state index is 14.1. The second-order valence-electron chi connectivity index (χ2n) is 5.82. The van der Waals surface area contributed by atoms with Gasteiger partial charge in [-0.05, 0) is 17.7 Å². The SMILES string of the molecule is COc1ccc([C@@H](O)P(=O)(c2ccccc2)c2ccccc2)cc1OC. The van der Waals surface area contributed by atoms with Crippen molar-refractivity contribution in [2.45, 2.75) is 5.85 Å². The van der Waals surface area contributed by atoms with Crippen LogP contribution in [0, 0.1) is 0 Å². The molecule has 0 aliphatic heterocycles. The first kappa shape index (κ1) is 18.2. The van der Waals surface area contributed by atoms with E-state index < -0.39 is 13.0 Å². The lowest BCUT2D eigenvalue weighted by Gasteiger charge is -2.25. The van der Waals surface area contributed by atoms with Crippen molar-refractivity contribution >= 4 is 17.8 Å². The van der Waals surface area contributed by atoms with E-state index in [-0.39, 0.29) is 0 Å². The quantitative estimate of drug-likeness (QED) is 0.674. The van der Waals surface area contributed by atoms with Crippen molar-refractivity contribution in [1.29, 1.82) is 0 Å². The molecule has 0 amide bonds. The summed E-state index contributed by atoms with van der Waals surface area (Å²) in [5.74, 6) is -0.165. The Balaban J connectivity index is 2.16. The van der Waals surface area contributed by atoms with Gasteiger partial charge in [-0.2, -0.15) is 0 Å². The summed E-state index contributed by atoms with van der Waals surface area (Å²) in [5, 5.41) is 12.4. The van der Waals surface area contributed by atoms with Crippen molar-refractivity contribution in [2.75, 3.05) is 14.2 Å². The van der Waals surface area contributed by atoms with E-state index in [1.54, 1.807) is 49.6 Å². The maximum absolute atomic E-state index is 14.1. The minimum absolute atomic E-state index is 0.483. The van der Waals surface area contributed by atoms with Gasteiger partial charge in [-0.1, -0.05) is 66.7 Å². The summed E-state index contributed by atoms with van der Waals surface area (Å²) in [4.78, 5) is 0. The lowest BCUT2D eigenvalue weighted by molar-refractivity contribution is 0.255. The number of aliphatic hydroxyl groups excluding tert-OH is 1. The van der Waals surface area contributed by atoms with Gasteiger partial charge in [0.15, 0.2) is 18.6 Å². The zero-order valence-corrected chi connectivity index (χ0v) is 15.6. The Kier molecular flexibility index (Phi) is 5.46. The molecule has 4 nitrogen and oxygen atoms in total. The molecule has 3 aromatic rings. The lowest BCUT2D eigenvalue weighted by Crippen LogP contribution is -2.21. The fourth-order valence-corrected chi connectivity index (χ4v) is 5.63. The van der Waals surface area contributed by atoms with Crippen molar-refractivity contribution < 1.29 is 19.1 Å². The Morgan fingerprint density at radius 1 is 0.769 bits per heavy atom. The Morgan fingerprint density at radius 2 is 1.27 bits per heavy atom. The molecular formula is C21H21O4P.